The lowest BCUT2D eigenvalue weighted by Gasteiger charge is -2.30. The van der Waals surface area contributed by atoms with E-state index in [2.05, 4.69) is 15.5 Å². The Morgan fingerprint density at radius 1 is 1.16 bits per heavy atom. The van der Waals surface area contributed by atoms with E-state index < -0.39 is 0 Å². The number of pyridine rings is 2. The number of aryl methyl sites for hydroxylation is 1. The summed E-state index contributed by atoms with van der Waals surface area (Å²) in [5, 5.41) is 8.47. The van der Waals surface area contributed by atoms with Crippen molar-refractivity contribution in [1.29, 1.82) is 0 Å². The summed E-state index contributed by atoms with van der Waals surface area (Å²) in [5.41, 5.74) is 1.93. The molecule has 0 aliphatic heterocycles. The number of carbonyl (C=O) groups excluding carboxylic acids is 1. The van der Waals surface area contributed by atoms with Gasteiger partial charge in [-0.2, -0.15) is 0 Å². The molecule has 1 fully saturated rings. The van der Waals surface area contributed by atoms with E-state index in [1.54, 1.807) is 45.2 Å². The molecule has 10 heteroatoms. The fourth-order valence-electron chi connectivity index (χ4n) is 5.39. The predicted octanol–water partition coefficient (Wildman–Crippen LogP) is 3.92. The monoisotopic (exact) mass is 506 g/mol. The van der Waals surface area contributed by atoms with Gasteiger partial charge in [0, 0.05) is 30.1 Å². The SMILES string of the molecule is COc1cc(CNC(=O)C2CCCC(n3c(=O)c4c(C)onc4c4ccncc43)C2)cc(OC)c1OC. The Kier molecular flexibility index (Phi) is 6.73. The van der Waals surface area contributed by atoms with Crippen molar-refractivity contribution >= 4 is 27.7 Å². The second kappa shape index (κ2) is 10.1. The average Bonchev–Trinajstić information content (AvgIpc) is 3.33. The van der Waals surface area contributed by atoms with E-state index in [1.807, 2.05) is 18.2 Å². The Morgan fingerprint density at radius 3 is 2.62 bits per heavy atom. The molecule has 1 aromatic carbocycles. The molecule has 0 bridgehead atoms. The van der Waals surface area contributed by atoms with Gasteiger partial charge in [0.05, 0.1) is 33.0 Å². The number of nitrogens with one attached hydrogen (secondary N) is 1. The Morgan fingerprint density at radius 2 is 1.92 bits per heavy atom. The smallest absolute Gasteiger partial charge is 0.264 e. The number of ether oxygens (including phenoxy) is 3. The second-order valence-electron chi connectivity index (χ2n) is 9.30. The summed E-state index contributed by atoms with van der Waals surface area (Å²) in [6.07, 6.45) is 6.32. The van der Waals surface area contributed by atoms with Crippen LogP contribution in [0.15, 0.2) is 39.9 Å². The third-order valence-electron chi connectivity index (χ3n) is 7.18. The highest BCUT2D eigenvalue weighted by molar-refractivity contribution is 6.03. The fraction of sp³-hybridized carbons (Fsp3) is 0.407. The number of nitrogens with zero attached hydrogens (tertiary/aromatic N) is 3. The molecule has 4 aromatic rings. The maximum Gasteiger partial charge on any atom is 0.264 e. The number of rotatable bonds is 7. The Bertz CT molecular complexity index is 1500. The minimum absolute atomic E-state index is 0.0452. The summed E-state index contributed by atoms with van der Waals surface area (Å²) in [6.45, 7) is 2.06. The van der Waals surface area contributed by atoms with Gasteiger partial charge in [-0.05, 0) is 49.9 Å². The van der Waals surface area contributed by atoms with Crippen molar-refractivity contribution < 1.29 is 23.5 Å². The Labute approximate surface area is 213 Å². The van der Waals surface area contributed by atoms with E-state index in [4.69, 9.17) is 18.7 Å². The first-order valence-corrected chi connectivity index (χ1v) is 12.3. The van der Waals surface area contributed by atoms with Crippen molar-refractivity contribution in [2.45, 2.75) is 45.2 Å². The lowest BCUT2D eigenvalue weighted by Crippen LogP contribution is -2.36. The minimum Gasteiger partial charge on any atom is -0.493 e. The molecule has 2 unspecified atom stereocenters. The van der Waals surface area contributed by atoms with Crippen LogP contribution in [0.4, 0.5) is 0 Å². The highest BCUT2D eigenvalue weighted by atomic mass is 16.5. The minimum atomic E-state index is -0.223. The van der Waals surface area contributed by atoms with Crippen molar-refractivity contribution in [2.24, 2.45) is 5.92 Å². The van der Waals surface area contributed by atoms with Gasteiger partial charge in [-0.3, -0.25) is 14.6 Å². The number of carbonyl (C=O) groups is 1. The maximum atomic E-state index is 13.6. The van der Waals surface area contributed by atoms with Gasteiger partial charge in [-0.1, -0.05) is 11.6 Å². The van der Waals surface area contributed by atoms with E-state index in [0.717, 1.165) is 30.2 Å². The lowest BCUT2D eigenvalue weighted by molar-refractivity contribution is -0.126. The standard InChI is InChI=1S/C27H30N4O6/c1-15-23-24(30-37-15)19-8-9-28-14-20(19)31(27(23)33)18-7-5-6-17(12-18)26(32)29-13-16-10-21(34-2)25(36-4)22(11-16)35-3/h8-11,14,17-18H,5-7,12-13H2,1-4H3,(H,29,32). The van der Waals surface area contributed by atoms with Gasteiger partial charge in [0.1, 0.15) is 16.7 Å². The fourth-order valence-corrected chi connectivity index (χ4v) is 5.39. The maximum absolute atomic E-state index is 13.6. The van der Waals surface area contributed by atoms with Crippen LogP contribution in [0.3, 0.4) is 0 Å². The topological polar surface area (TPSA) is 118 Å². The first-order valence-electron chi connectivity index (χ1n) is 12.3. The molecule has 1 saturated carbocycles. The zero-order valence-corrected chi connectivity index (χ0v) is 21.4. The van der Waals surface area contributed by atoms with Crippen LogP contribution in [0.1, 0.15) is 43.0 Å². The van der Waals surface area contributed by atoms with Crippen molar-refractivity contribution in [1.82, 2.24) is 20.0 Å². The van der Waals surface area contributed by atoms with Crippen molar-refractivity contribution in [3.8, 4) is 17.2 Å². The summed E-state index contributed by atoms with van der Waals surface area (Å²) < 4.78 is 23.4. The number of amides is 1. The van der Waals surface area contributed by atoms with E-state index >= 15 is 0 Å². The van der Waals surface area contributed by atoms with Crippen LogP contribution < -0.4 is 25.1 Å². The van der Waals surface area contributed by atoms with E-state index in [1.165, 1.54) is 0 Å². The first kappa shape index (κ1) is 24.6. The number of aromatic nitrogens is 3. The molecular formula is C27H30N4O6. The number of hydrogen-bond donors (Lipinski definition) is 1. The van der Waals surface area contributed by atoms with Crippen molar-refractivity contribution in [2.75, 3.05) is 21.3 Å². The molecule has 5 rings (SSSR count). The number of benzene rings is 1. The lowest BCUT2D eigenvalue weighted by atomic mass is 9.84. The number of methoxy groups -OCH3 is 3. The van der Waals surface area contributed by atoms with Crippen LogP contribution in [-0.4, -0.2) is 41.9 Å². The first-order chi connectivity index (χ1) is 18.0. The molecule has 2 atom stereocenters. The molecule has 0 saturated heterocycles. The molecule has 0 spiro atoms. The van der Waals surface area contributed by atoms with Crippen molar-refractivity contribution in [3.05, 3.63) is 52.3 Å². The molecule has 37 heavy (non-hydrogen) atoms. The quantitative estimate of drug-likeness (QED) is 0.401. The van der Waals surface area contributed by atoms with Gasteiger partial charge in [-0.15, -0.1) is 0 Å². The van der Waals surface area contributed by atoms with Crippen LogP contribution in [0.2, 0.25) is 0 Å². The number of hydrogen-bond acceptors (Lipinski definition) is 8. The molecule has 1 aliphatic carbocycles. The molecule has 10 nitrogen and oxygen atoms in total. The van der Waals surface area contributed by atoms with Crippen LogP contribution in [-0.2, 0) is 11.3 Å². The summed E-state index contributed by atoms with van der Waals surface area (Å²) in [5.74, 6) is 1.78. The third kappa shape index (κ3) is 4.36. The Hall–Kier alpha value is -4.08. The highest BCUT2D eigenvalue weighted by Crippen LogP contribution is 2.38. The van der Waals surface area contributed by atoms with Crippen LogP contribution in [0.5, 0.6) is 17.2 Å². The van der Waals surface area contributed by atoms with E-state index in [-0.39, 0.29) is 23.4 Å². The molecule has 1 N–H and O–H groups in total. The normalized spacial score (nSPS) is 17.6. The van der Waals surface area contributed by atoms with Gasteiger partial charge in [0.2, 0.25) is 11.7 Å². The van der Waals surface area contributed by atoms with E-state index in [9.17, 15) is 9.59 Å². The van der Waals surface area contributed by atoms with Gasteiger partial charge in [0.15, 0.2) is 11.5 Å². The summed E-state index contributed by atoms with van der Waals surface area (Å²) >= 11 is 0. The molecule has 3 aromatic heterocycles. The predicted molar refractivity (Wildman–Crippen MR) is 137 cm³/mol. The van der Waals surface area contributed by atoms with E-state index in [0.29, 0.717) is 52.4 Å². The third-order valence-corrected chi connectivity index (χ3v) is 7.18. The molecule has 1 aliphatic rings. The van der Waals surface area contributed by atoms with Crippen LogP contribution in [0, 0.1) is 12.8 Å². The average molecular weight is 507 g/mol. The highest BCUT2D eigenvalue weighted by Gasteiger charge is 2.31. The molecule has 194 valence electrons. The second-order valence-corrected chi connectivity index (χ2v) is 9.30. The molecule has 0 radical (unpaired) electrons. The molecule has 1 amide bonds. The number of fused-ring (bicyclic) bond motifs is 3. The van der Waals surface area contributed by atoms with Gasteiger partial charge >= 0.3 is 0 Å². The molecule has 3 heterocycles. The zero-order valence-electron chi connectivity index (χ0n) is 21.4. The zero-order chi connectivity index (χ0) is 26.1. The largest absolute Gasteiger partial charge is 0.493 e. The van der Waals surface area contributed by atoms with Gasteiger partial charge in [0.25, 0.3) is 5.56 Å². The van der Waals surface area contributed by atoms with Crippen LogP contribution in [0.25, 0.3) is 21.8 Å². The summed E-state index contributed by atoms with van der Waals surface area (Å²) in [4.78, 5) is 31.1. The Balaban J connectivity index is 1.39. The molecular weight excluding hydrogens is 476 g/mol. The van der Waals surface area contributed by atoms with Crippen LogP contribution >= 0.6 is 0 Å². The summed E-state index contributed by atoms with van der Waals surface area (Å²) in [6, 6.07) is 5.35. The van der Waals surface area contributed by atoms with Gasteiger partial charge in [-0.25, -0.2) is 0 Å². The van der Waals surface area contributed by atoms with Gasteiger partial charge < -0.3 is 28.6 Å². The summed E-state index contributed by atoms with van der Waals surface area (Å²) in [7, 11) is 4.66. The van der Waals surface area contributed by atoms with Crippen molar-refractivity contribution in [3.63, 3.8) is 0 Å².